The highest BCUT2D eigenvalue weighted by Gasteiger charge is 2.46. The van der Waals surface area contributed by atoms with Crippen molar-refractivity contribution < 1.29 is 32.3 Å². The number of hydrogen-bond donors (Lipinski definition) is 2. The first-order valence-electron chi connectivity index (χ1n) is 13.4. The molecule has 2 heterocycles. The second-order valence-electron chi connectivity index (χ2n) is 11.0. The largest absolute Gasteiger partial charge is 0.452 e. The van der Waals surface area contributed by atoms with Gasteiger partial charge in [-0.15, -0.1) is 0 Å². The molecule has 9 nitrogen and oxygen atoms in total. The number of benzene rings is 1. The molecular formula is C28H35ClF3N5O4. The maximum absolute atomic E-state index is 13.6. The number of alkyl halides is 3. The number of ketones is 1. The number of rotatable bonds is 9. The topological polar surface area (TPSA) is 113 Å². The molecule has 224 valence electrons. The van der Waals surface area contributed by atoms with Crippen LogP contribution < -0.4 is 10.6 Å². The Labute approximate surface area is 241 Å². The van der Waals surface area contributed by atoms with Crippen LogP contribution in [-0.2, 0) is 14.4 Å². The summed E-state index contributed by atoms with van der Waals surface area (Å²) in [5.74, 6) is -5.17. The molecule has 2 aromatic rings. The van der Waals surface area contributed by atoms with Crippen LogP contribution in [-0.4, -0.2) is 69.0 Å². The van der Waals surface area contributed by atoms with Gasteiger partial charge in [0.25, 0.3) is 11.7 Å². The molecule has 0 saturated carbocycles. The van der Waals surface area contributed by atoms with Crippen molar-refractivity contribution in [3.05, 3.63) is 46.2 Å². The molecule has 1 fully saturated rings. The molecule has 0 spiro atoms. The summed E-state index contributed by atoms with van der Waals surface area (Å²) in [6.45, 7) is 10.0. The van der Waals surface area contributed by atoms with E-state index in [0.29, 0.717) is 22.8 Å². The van der Waals surface area contributed by atoms with Crippen LogP contribution >= 0.6 is 11.6 Å². The van der Waals surface area contributed by atoms with Gasteiger partial charge in [-0.05, 0) is 56.2 Å². The number of nitrogens with one attached hydrogen (secondary N) is 2. The summed E-state index contributed by atoms with van der Waals surface area (Å²) in [6, 6.07) is 1.50. The highest BCUT2D eigenvalue weighted by atomic mass is 35.5. The zero-order valence-corrected chi connectivity index (χ0v) is 24.6. The molecule has 0 aliphatic carbocycles. The fraction of sp³-hybridized carbons (Fsp3) is 0.536. The van der Waals surface area contributed by atoms with E-state index in [-0.39, 0.29) is 24.4 Å². The predicted octanol–water partition coefficient (Wildman–Crippen LogP) is 4.16. The van der Waals surface area contributed by atoms with E-state index in [9.17, 15) is 32.3 Å². The van der Waals surface area contributed by atoms with Crippen LogP contribution in [0, 0.1) is 25.7 Å². The Morgan fingerprint density at radius 2 is 1.66 bits per heavy atom. The predicted molar refractivity (Wildman–Crippen MR) is 147 cm³/mol. The molecule has 0 bridgehead atoms. The molecule has 2 N–H and O–H groups in total. The van der Waals surface area contributed by atoms with Crippen molar-refractivity contribution in [2.24, 2.45) is 11.8 Å². The lowest BCUT2D eigenvalue weighted by atomic mass is 9.98. The second-order valence-corrected chi connectivity index (χ2v) is 11.4. The van der Waals surface area contributed by atoms with E-state index in [1.807, 2.05) is 19.1 Å². The molecule has 1 aromatic carbocycles. The van der Waals surface area contributed by atoms with Crippen molar-refractivity contribution in [2.75, 3.05) is 6.54 Å². The minimum Gasteiger partial charge on any atom is -0.344 e. The molecule has 3 rings (SSSR count). The maximum Gasteiger partial charge on any atom is 0.452 e. The molecule has 0 radical (unpaired) electrons. The van der Waals surface area contributed by atoms with Gasteiger partial charge in [0.1, 0.15) is 12.1 Å². The van der Waals surface area contributed by atoms with Gasteiger partial charge in [0.05, 0.1) is 29.2 Å². The number of halogens is 4. The Morgan fingerprint density at radius 1 is 1.02 bits per heavy atom. The smallest absolute Gasteiger partial charge is 0.344 e. The van der Waals surface area contributed by atoms with E-state index in [1.165, 1.54) is 24.9 Å². The van der Waals surface area contributed by atoms with Crippen molar-refractivity contribution in [3.63, 3.8) is 0 Å². The van der Waals surface area contributed by atoms with Crippen LogP contribution in [0.4, 0.5) is 13.2 Å². The maximum atomic E-state index is 13.6. The quantitative estimate of drug-likeness (QED) is 0.451. The molecule has 41 heavy (non-hydrogen) atoms. The number of aromatic nitrogens is 2. The Kier molecular flexibility index (Phi) is 9.89. The number of hydrogen-bond acceptors (Lipinski definition) is 5. The normalized spacial score (nSPS) is 17.1. The highest BCUT2D eigenvalue weighted by Crippen LogP contribution is 2.25. The average molecular weight is 598 g/mol. The molecular weight excluding hydrogens is 563 g/mol. The summed E-state index contributed by atoms with van der Waals surface area (Å²) in [5, 5.41) is 9.80. The highest BCUT2D eigenvalue weighted by molar-refractivity contribution is 6.31. The van der Waals surface area contributed by atoms with Crippen molar-refractivity contribution in [1.29, 1.82) is 0 Å². The van der Waals surface area contributed by atoms with Gasteiger partial charge in [-0.1, -0.05) is 45.4 Å². The van der Waals surface area contributed by atoms with Crippen LogP contribution in [0.25, 0.3) is 5.69 Å². The van der Waals surface area contributed by atoms with Gasteiger partial charge < -0.3 is 15.5 Å². The van der Waals surface area contributed by atoms with E-state index in [4.69, 9.17) is 11.6 Å². The third-order valence-corrected chi connectivity index (χ3v) is 7.65. The number of Topliss-reactive ketones (excluding diaryl/α,β-unsaturated/α-hetero) is 1. The lowest BCUT2D eigenvalue weighted by Gasteiger charge is -2.31. The third-order valence-electron chi connectivity index (χ3n) is 7.24. The Hall–Kier alpha value is -3.41. The molecule has 1 saturated heterocycles. The van der Waals surface area contributed by atoms with Crippen LogP contribution in [0.5, 0.6) is 0 Å². The van der Waals surface area contributed by atoms with Gasteiger partial charge in [-0.2, -0.15) is 18.3 Å². The van der Waals surface area contributed by atoms with E-state index < -0.39 is 53.7 Å². The molecule has 3 atom stereocenters. The van der Waals surface area contributed by atoms with Gasteiger partial charge in [-0.3, -0.25) is 19.2 Å². The van der Waals surface area contributed by atoms with Crippen molar-refractivity contribution in [3.8, 4) is 5.69 Å². The van der Waals surface area contributed by atoms with Gasteiger partial charge in [-0.25, -0.2) is 4.68 Å². The Bertz CT molecular complexity index is 1320. The summed E-state index contributed by atoms with van der Waals surface area (Å²) in [6.07, 6.45) is -3.08. The minimum absolute atomic E-state index is 0.181. The average Bonchev–Trinajstić information content (AvgIpc) is 3.52. The van der Waals surface area contributed by atoms with Crippen LogP contribution in [0.3, 0.4) is 0 Å². The summed E-state index contributed by atoms with van der Waals surface area (Å²) in [4.78, 5) is 53.1. The van der Waals surface area contributed by atoms with Gasteiger partial charge in [0.2, 0.25) is 11.8 Å². The van der Waals surface area contributed by atoms with Crippen LogP contribution in [0.1, 0.15) is 62.2 Å². The Balaban J connectivity index is 1.78. The van der Waals surface area contributed by atoms with Crippen LogP contribution in [0.2, 0.25) is 5.02 Å². The minimum atomic E-state index is -5.11. The van der Waals surface area contributed by atoms with E-state index >= 15 is 0 Å². The standard InChI is InChI=1S/C28H35ClF3N5O4/c1-14(2)22(24(38)28(30,31)32)34-26(40)21-8-7-11-36(21)27(41)23(15(3)4)35-25(39)19-13-33-37(17(19)6)18-10-9-16(5)20(29)12-18/h9-10,12-15,21-23H,7-8,11H2,1-6H3,(H,34,40)(H,35,39)/t21-,22-,23-/m0/s1. The lowest BCUT2D eigenvalue weighted by Crippen LogP contribution is -2.58. The fourth-order valence-electron chi connectivity index (χ4n) is 4.78. The van der Waals surface area contributed by atoms with E-state index in [0.717, 1.165) is 5.56 Å². The number of amides is 3. The summed E-state index contributed by atoms with van der Waals surface area (Å²) < 4.78 is 40.8. The van der Waals surface area contributed by atoms with Gasteiger partial charge >= 0.3 is 6.18 Å². The summed E-state index contributed by atoms with van der Waals surface area (Å²) in [7, 11) is 0. The van der Waals surface area contributed by atoms with Gasteiger partial charge in [0, 0.05) is 11.6 Å². The monoisotopic (exact) mass is 597 g/mol. The first-order valence-corrected chi connectivity index (χ1v) is 13.8. The number of carbonyl (C=O) groups is 4. The number of likely N-dealkylation sites (tertiary alicyclic amines) is 1. The molecule has 13 heteroatoms. The number of carbonyl (C=O) groups excluding carboxylic acids is 4. The van der Waals surface area contributed by atoms with Crippen molar-refractivity contribution in [1.82, 2.24) is 25.3 Å². The third kappa shape index (κ3) is 7.09. The van der Waals surface area contributed by atoms with E-state index in [2.05, 4.69) is 15.7 Å². The molecule has 1 aromatic heterocycles. The fourth-order valence-corrected chi connectivity index (χ4v) is 4.96. The van der Waals surface area contributed by atoms with Crippen molar-refractivity contribution >= 4 is 35.1 Å². The van der Waals surface area contributed by atoms with Gasteiger partial charge in [0.15, 0.2) is 0 Å². The first-order chi connectivity index (χ1) is 19.0. The summed E-state index contributed by atoms with van der Waals surface area (Å²) in [5.41, 5.74) is 2.30. The number of aryl methyl sites for hydroxylation is 1. The zero-order chi connectivity index (χ0) is 30.8. The second kappa shape index (κ2) is 12.6. The summed E-state index contributed by atoms with van der Waals surface area (Å²) >= 11 is 6.24. The molecule has 1 aliphatic rings. The van der Waals surface area contributed by atoms with E-state index in [1.54, 1.807) is 31.5 Å². The van der Waals surface area contributed by atoms with Crippen LogP contribution in [0.15, 0.2) is 24.4 Å². The first kappa shape index (κ1) is 32.1. The molecule has 3 amide bonds. The molecule has 1 aliphatic heterocycles. The lowest BCUT2D eigenvalue weighted by molar-refractivity contribution is -0.175. The number of nitrogens with zero attached hydrogens (tertiary/aromatic N) is 3. The molecule has 0 unspecified atom stereocenters. The Morgan fingerprint density at radius 3 is 2.22 bits per heavy atom. The van der Waals surface area contributed by atoms with Crippen molar-refractivity contribution in [2.45, 2.75) is 78.7 Å². The zero-order valence-electron chi connectivity index (χ0n) is 23.8. The SMILES string of the molecule is Cc1ccc(-n2ncc(C(=O)N[C@H](C(=O)N3CCC[C@H]3C(=O)N[C@H](C(=O)C(F)(F)F)C(C)C)C(C)C)c2C)cc1Cl.